The van der Waals surface area contributed by atoms with Crippen LogP contribution in [-0.4, -0.2) is 40.5 Å². The van der Waals surface area contributed by atoms with Gasteiger partial charge in [-0.25, -0.2) is 14.5 Å². The second-order valence-electron chi connectivity index (χ2n) is 8.77. The smallest absolute Gasteiger partial charge is 0.354 e. The van der Waals surface area contributed by atoms with E-state index in [2.05, 4.69) is 35.0 Å². The van der Waals surface area contributed by atoms with Crippen LogP contribution >= 0.6 is 0 Å². The normalized spacial score (nSPS) is 11.4. The van der Waals surface area contributed by atoms with Gasteiger partial charge in [-0.3, -0.25) is 0 Å². The summed E-state index contributed by atoms with van der Waals surface area (Å²) in [7, 11) is -1.13. The minimum atomic E-state index is -1.13. The van der Waals surface area contributed by atoms with Gasteiger partial charge in [0, 0.05) is 38.6 Å². The first-order valence-corrected chi connectivity index (χ1v) is 14.2. The number of pyridine rings is 1. The lowest BCUT2D eigenvalue weighted by Crippen LogP contribution is -2.22. The Balaban J connectivity index is 1.68. The maximum Gasteiger partial charge on any atom is 0.354 e. The molecule has 0 aliphatic rings. The molecular formula is C23H30N4O4Si. The maximum atomic E-state index is 11.7. The molecule has 0 aliphatic heterocycles. The number of carboxylic acids is 1. The fraction of sp³-hybridized carbons (Fsp3) is 0.348. The lowest BCUT2D eigenvalue weighted by atomic mass is 10.2. The van der Waals surface area contributed by atoms with E-state index >= 15 is 0 Å². The summed E-state index contributed by atoms with van der Waals surface area (Å²) in [5.74, 6) is 0.233. The molecule has 2 N–H and O–H groups in total. The SMILES string of the molecule is Cc1c(OCc2ccccc2)cc(Nc2ccn(COCC[Si](C)(C)C)n2)nc1C(=O)O. The molecule has 0 aliphatic carbocycles. The molecule has 0 amide bonds. The summed E-state index contributed by atoms with van der Waals surface area (Å²) in [4.78, 5) is 15.9. The van der Waals surface area contributed by atoms with Crippen LogP contribution in [0.5, 0.6) is 5.75 Å². The summed E-state index contributed by atoms with van der Waals surface area (Å²) < 4.78 is 13.3. The van der Waals surface area contributed by atoms with Crippen molar-refractivity contribution in [1.82, 2.24) is 14.8 Å². The zero-order valence-electron chi connectivity index (χ0n) is 19.0. The molecule has 8 nitrogen and oxygen atoms in total. The van der Waals surface area contributed by atoms with E-state index in [0.29, 0.717) is 42.9 Å². The van der Waals surface area contributed by atoms with Crippen molar-refractivity contribution in [2.24, 2.45) is 0 Å². The first-order valence-electron chi connectivity index (χ1n) is 10.5. The number of nitrogens with one attached hydrogen (secondary N) is 1. The van der Waals surface area contributed by atoms with Gasteiger partial charge in [0.2, 0.25) is 0 Å². The highest BCUT2D eigenvalue weighted by molar-refractivity contribution is 6.76. The van der Waals surface area contributed by atoms with Crippen molar-refractivity contribution in [2.75, 3.05) is 11.9 Å². The summed E-state index contributed by atoms with van der Waals surface area (Å²) in [6.07, 6.45) is 1.80. The fourth-order valence-electron chi connectivity index (χ4n) is 2.91. The molecule has 3 rings (SSSR count). The van der Waals surface area contributed by atoms with Gasteiger partial charge in [0.15, 0.2) is 11.5 Å². The number of hydrogen-bond acceptors (Lipinski definition) is 6. The number of carboxylic acid groups (broad SMARTS) is 1. The quantitative estimate of drug-likeness (QED) is 0.313. The molecule has 3 aromatic rings. The molecule has 170 valence electrons. The number of anilines is 2. The van der Waals surface area contributed by atoms with Crippen molar-refractivity contribution in [3.8, 4) is 5.75 Å². The molecule has 2 heterocycles. The summed E-state index contributed by atoms with van der Waals surface area (Å²) in [5, 5.41) is 17.1. The summed E-state index contributed by atoms with van der Waals surface area (Å²) in [6.45, 7) is 10.0. The number of aromatic nitrogens is 3. The van der Waals surface area contributed by atoms with Gasteiger partial charge in [-0.05, 0) is 18.5 Å². The number of hydrogen-bond donors (Lipinski definition) is 2. The van der Waals surface area contributed by atoms with Crippen LogP contribution in [0.4, 0.5) is 11.6 Å². The standard InChI is InChI=1S/C23H30N4O4Si/c1-17-19(31-15-18-8-6-5-7-9-18)14-21(25-22(17)23(28)29)24-20-10-11-27(26-20)16-30-12-13-32(2,3)4/h5-11,14H,12-13,15-16H2,1-4H3,(H,28,29)(H,24,25,26). The third kappa shape index (κ3) is 6.93. The average Bonchev–Trinajstić information content (AvgIpc) is 3.18. The molecule has 2 aromatic heterocycles. The minimum absolute atomic E-state index is 0.0628. The zero-order chi connectivity index (χ0) is 23.1. The molecule has 0 spiro atoms. The lowest BCUT2D eigenvalue weighted by Gasteiger charge is -2.15. The molecule has 0 unspecified atom stereocenters. The van der Waals surface area contributed by atoms with Crippen LogP contribution < -0.4 is 10.1 Å². The van der Waals surface area contributed by atoms with Gasteiger partial charge >= 0.3 is 5.97 Å². The van der Waals surface area contributed by atoms with Gasteiger partial charge in [-0.1, -0.05) is 50.0 Å². The van der Waals surface area contributed by atoms with E-state index in [1.807, 2.05) is 30.3 Å². The van der Waals surface area contributed by atoms with E-state index in [1.165, 1.54) is 0 Å². The van der Waals surface area contributed by atoms with Gasteiger partial charge in [-0.15, -0.1) is 0 Å². The average molecular weight is 455 g/mol. The topological polar surface area (TPSA) is 98.5 Å². The van der Waals surface area contributed by atoms with Crippen molar-refractivity contribution >= 4 is 25.7 Å². The van der Waals surface area contributed by atoms with E-state index in [-0.39, 0.29) is 5.69 Å². The van der Waals surface area contributed by atoms with Crippen LogP contribution in [0.15, 0.2) is 48.7 Å². The molecule has 9 heteroatoms. The van der Waals surface area contributed by atoms with Gasteiger partial charge in [-0.2, -0.15) is 5.10 Å². The lowest BCUT2D eigenvalue weighted by molar-refractivity contribution is 0.0689. The second kappa shape index (κ2) is 10.4. The predicted octanol–water partition coefficient (Wildman–Crippen LogP) is 4.92. The Kier molecular flexibility index (Phi) is 7.65. The van der Waals surface area contributed by atoms with Crippen molar-refractivity contribution in [2.45, 2.75) is 45.9 Å². The Morgan fingerprint density at radius 2 is 1.91 bits per heavy atom. The Morgan fingerprint density at radius 3 is 2.59 bits per heavy atom. The highest BCUT2D eigenvalue weighted by atomic mass is 28.3. The number of rotatable bonds is 11. The number of ether oxygens (including phenoxy) is 2. The van der Waals surface area contributed by atoms with Crippen LogP contribution in [0.3, 0.4) is 0 Å². The molecule has 0 fully saturated rings. The molecular weight excluding hydrogens is 424 g/mol. The van der Waals surface area contributed by atoms with E-state index < -0.39 is 14.0 Å². The Bertz CT molecular complexity index is 1050. The monoisotopic (exact) mass is 454 g/mol. The summed E-state index contributed by atoms with van der Waals surface area (Å²) in [5.41, 5.74) is 1.40. The van der Waals surface area contributed by atoms with Crippen LogP contribution in [0.25, 0.3) is 0 Å². The van der Waals surface area contributed by atoms with Crippen LogP contribution in [-0.2, 0) is 18.1 Å². The van der Waals surface area contributed by atoms with Gasteiger partial charge < -0.3 is 19.9 Å². The van der Waals surface area contributed by atoms with Crippen LogP contribution in [0, 0.1) is 6.92 Å². The molecule has 0 radical (unpaired) electrons. The van der Waals surface area contributed by atoms with Gasteiger partial charge in [0.25, 0.3) is 0 Å². The third-order valence-corrected chi connectivity index (χ3v) is 6.49. The molecule has 0 atom stereocenters. The molecule has 0 saturated carbocycles. The number of aromatic carboxylic acids is 1. The Morgan fingerprint density at radius 1 is 1.16 bits per heavy atom. The Labute approximate surface area is 189 Å². The number of carbonyl (C=O) groups is 1. The van der Waals surface area contributed by atoms with Crippen molar-refractivity contribution in [1.29, 1.82) is 0 Å². The van der Waals surface area contributed by atoms with Crippen molar-refractivity contribution < 1.29 is 19.4 Å². The van der Waals surface area contributed by atoms with Crippen LogP contribution in [0.1, 0.15) is 21.6 Å². The first-order chi connectivity index (χ1) is 15.2. The van der Waals surface area contributed by atoms with Crippen molar-refractivity contribution in [3.63, 3.8) is 0 Å². The molecule has 32 heavy (non-hydrogen) atoms. The first kappa shape index (κ1) is 23.5. The fourth-order valence-corrected chi connectivity index (χ4v) is 3.67. The zero-order valence-corrected chi connectivity index (χ0v) is 20.0. The summed E-state index contributed by atoms with van der Waals surface area (Å²) in [6, 6.07) is 14.3. The molecule has 0 bridgehead atoms. The largest absolute Gasteiger partial charge is 0.488 e. The Hall–Kier alpha value is -3.17. The third-order valence-electron chi connectivity index (χ3n) is 4.78. The molecule has 0 saturated heterocycles. The van der Waals surface area contributed by atoms with Gasteiger partial charge in [0.1, 0.15) is 24.9 Å². The highest BCUT2D eigenvalue weighted by Crippen LogP contribution is 2.27. The second-order valence-corrected chi connectivity index (χ2v) is 14.4. The number of benzene rings is 1. The minimum Gasteiger partial charge on any atom is -0.488 e. The van der Waals surface area contributed by atoms with Crippen LogP contribution in [0.2, 0.25) is 25.7 Å². The number of nitrogens with zero attached hydrogens (tertiary/aromatic N) is 3. The van der Waals surface area contributed by atoms with Gasteiger partial charge in [0.05, 0.1) is 0 Å². The highest BCUT2D eigenvalue weighted by Gasteiger charge is 2.17. The maximum absolute atomic E-state index is 11.7. The van der Waals surface area contributed by atoms with E-state index in [0.717, 1.165) is 11.6 Å². The predicted molar refractivity (Wildman–Crippen MR) is 126 cm³/mol. The molecule has 1 aromatic carbocycles. The summed E-state index contributed by atoms with van der Waals surface area (Å²) >= 11 is 0. The van der Waals surface area contributed by atoms with E-state index in [4.69, 9.17) is 9.47 Å². The van der Waals surface area contributed by atoms with Crippen molar-refractivity contribution in [3.05, 3.63) is 65.5 Å². The van der Waals surface area contributed by atoms with E-state index in [1.54, 1.807) is 29.9 Å². The van der Waals surface area contributed by atoms with E-state index in [9.17, 15) is 9.90 Å².